The van der Waals surface area contributed by atoms with Gasteiger partial charge < -0.3 is 20.3 Å². The van der Waals surface area contributed by atoms with E-state index in [2.05, 4.69) is 27.7 Å². The van der Waals surface area contributed by atoms with E-state index in [0.29, 0.717) is 18.7 Å². The molecule has 0 aliphatic heterocycles. The maximum atomic E-state index is 12.0. The van der Waals surface area contributed by atoms with Crippen LogP contribution in [-0.2, 0) is 13.1 Å². The number of carbonyl (C=O) groups excluding carboxylic acids is 1. The molecule has 0 heterocycles. The molecule has 0 radical (unpaired) electrons. The van der Waals surface area contributed by atoms with E-state index < -0.39 is 0 Å². The summed E-state index contributed by atoms with van der Waals surface area (Å²) in [6, 6.07) is 15.6. The van der Waals surface area contributed by atoms with Crippen molar-refractivity contribution in [1.29, 1.82) is 0 Å². The fourth-order valence-electron chi connectivity index (χ4n) is 2.79. The van der Waals surface area contributed by atoms with Crippen LogP contribution >= 0.6 is 24.0 Å². The third-order valence-electron chi connectivity index (χ3n) is 4.21. The van der Waals surface area contributed by atoms with Crippen LogP contribution in [0, 0.1) is 0 Å². The summed E-state index contributed by atoms with van der Waals surface area (Å²) in [5.41, 5.74) is 2.83. The molecule has 2 rings (SSSR count). The smallest absolute Gasteiger partial charge is 0.251 e. The number of nitrogens with zero attached hydrogens (tertiary/aromatic N) is 2. The monoisotopic (exact) mass is 510 g/mol. The molecule has 6 nitrogen and oxygen atoms in total. The molecule has 0 saturated heterocycles. The second kappa shape index (κ2) is 13.0. The van der Waals surface area contributed by atoms with Gasteiger partial charge in [0.1, 0.15) is 5.75 Å². The SMILES string of the molecule is CCNC(=O)c1cccc(CN=C(NCC)N(C)Cc2ccc(OC)cc2)c1.I. The molecular formula is C22H31IN4O2. The second-order valence-corrected chi connectivity index (χ2v) is 6.43. The zero-order chi connectivity index (χ0) is 20.4. The number of ether oxygens (including phenoxy) is 1. The lowest BCUT2D eigenvalue weighted by Crippen LogP contribution is -2.38. The van der Waals surface area contributed by atoms with Gasteiger partial charge in [-0.2, -0.15) is 0 Å². The van der Waals surface area contributed by atoms with Crippen molar-refractivity contribution in [3.05, 3.63) is 65.2 Å². The van der Waals surface area contributed by atoms with Gasteiger partial charge in [0.2, 0.25) is 0 Å². The number of halogens is 1. The molecule has 0 aliphatic carbocycles. The quantitative estimate of drug-likeness (QED) is 0.323. The van der Waals surface area contributed by atoms with Gasteiger partial charge in [-0.3, -0.25) is 4.79 Å². The minimum Gasteiger partial charge on any atom is -0.497 e. The van der Waals surface area contributed by atoms with E-state index in [1.165, 1.54) is 5.56 Å². The first-order chi connectivity index (χ1) is 13.6. The summed E-state index contributed by atoms with van der Waals surface area (Å²) in [6.45, 7) is 6.59. The van der Waals surface area contributed by atoms with Crippen LogP contribution in [0.25, 0.3) is 0 Å². The van der Waals surface area contributed by atoms with Crippen molar-refractivity contribution < 1.29 is 9.53 Å². The molecular weight excluding hydrogens is 479 g/mol. The van der Waals surface area contributed by atoms with Gasteiger partial charge in [0.15, 0.2) is 5.96 Å². The van der Waals surface area contributed by atoms with Crippen molar-refractivity contribution in [2.24, 2.45) is 4.99 Å². The van der Waals surface area contributed by atoms with Gasteiger partial charge in [-0.1, -0.05) is 24.3 Å². The number of benzene rings is 2. The number of guanidine groups is 1. The van der Waals surface area contributed by atoms with E-state index in [4.69, 9.17) is 9.73 Å². The van der Waals surface area contributed by atoms with Crippen LogP contribution in [0.15, 0.2) is 53.5 Å². The zero-order valence-corrected chi connectivity index (χ0v) is 19.9. The highest BCUT2D eigenvalue weighted by atomic mass is 127. The third kappa shape index (κ3) is 7.92. The Morgan fingerprint density at radius 3 is 2.34 bits per heavy atom. The Bertz CT molecular complexity index is 794. The van der Waals surface area contributed by atoms with Crippen molar-refractivity contribution in [3.8, 4) is 5.75 Å². The molecule has 0 atom stereocenters. The largest absolute Gasteiger partial charge is 0.497 e. The minimum atomic E-state index is -0.0585. The van der Waals surface area contributed by atoms with Gasteiger partial charge in [-0.15, -0.1) is 24.0 Å². The number of aliphatic imine (C=N–C) groups is 1. The number of hydrogen-bond acceptors (Lipinski definition) is 3. The predicted octanol–water partition coefficient (Wildman–Crippen LogP) is 3.66. The topological polar surface area (TPSA) is 66.0 Å². The van der Waals surface area contributed by atoms with Gasteiger partial charge in [-0.05, 0) is 49.2 Å². The van der Waals surface area contributed by atoms with Crippen LogP contribution in [0.4, 0.5) is 0 Å². The molecule has 2 N–H and O–H groups in total. The lowest BCUT2D eigenvalue weighted by molar-refractivity contribution is 0.0955. The third-order valence-corrected chi connectivity index (χ3v) is 4.21. The Morgan fingerprint density at radius 1 is 1.03 bits per heavy atom. The van der Waals surface area contributed by atoms with Crippen LogP contribution < -0.4 is 15.4 Å². The first-order valence-corrected chi connectivity index (χ1v) is 9.56. The molecule has 2 aromatic rings. The molecule has 2 aromatic carbocycles. The van der Waals surface area contributed by atoms with Crippen molar-refractivity contribution in [2.45, 2.75) is 26.9 Å². The summed E-state index contributed by atoms with van der Waals surface area (Å²) in [5.74, 6) is 1.61. The predicted molar refractivity (Wildman–Crippen MR) is 129 cm³/mol. The Balaban J connectivity index is 0.00000420. The van der Waals surface area contributed by atoms with Crippen LogP contribution in [0.3, 0.4) is 0 Å². The first-order valence-electron chi connectivity index (χ1n) is 9.56. The summed E-state index contributed by atoms with van der Waals surface area (Å²) >= 11 is 0. The molecule has 0 bridgehead atoms. The standard InChI is InChI=1S/C22H30N4O2.HI/c1-5-23-21(27)19-9-7-8-18(14-19)15-25-22(24-6-2)26(3)16-17-10-12-20(28-4)13-11-17;/h7-14H,5-6,15-16H2,1-4H3,(H,23,27)(H,24,25);1H. The van der Waals surface area contributed by atoms with Crippen molar-refractivity contribution in [1.82, 2.24) is 15.5 Å². The van der Waals surface area contributed by atoms with Crippen molar-refractivity contribution in [2.75, 3.05) is 27.2 Å². The van der Waals surface area contributed by atoms with Crippen LogP contribution in [0.2, 0.25) is 0 Å². The average Bonchev–Trinajstić information content (AvgIpc) is 2.72. The fourth-order valence-corrected chi connectivity index (χ4v) is 2.79. The Hall–Kier alpha value is -2.29. The molecule has 158 valence electrons. The number of carbonyl (C=O) groups is 1. The lowest BCUT2D eigenvalue weighted by Gasteiger charge is -2.22. The normalized spacial score (nSPS) is 10.7. The Morgan fingerprint density at radius 2 is 1.72 bits per heavy atom. The maximum Gasteiger partial charge on any atom is 0.251 e. The first kappa shape index (κ1) is 24.7. The van der Waals surface area contributed by atoms with Gasteiger partial charge in [-0.25, -0.2) is 4.99 Å². The summed E-state index contributed by atoms with van der Waals surface area (Å²) in [4.78, 5) is 18.8. The highest BCUT2D eigenvalue weighted by Gasteiger charge is 2.08. The number of amides is 1. The molecule has 0 saturated carbocycles. The van der Waals surface area contributed by atoms with Gasteiger partial charge in [0, 0.05) is 32.2 Å². The van der Waals surface area contributed by atoms with Crippen LogP contribution in [0.1, 0.15) is 35.3 Å². The van der Waals surface area contributed by atoms with E-state index in [1.54, 1.807) is 7.11 Å². The van der Waals surface area contributed by atoms with Gasteiger partial charge in [0.25, 0.3) is 5.91 Å². The molecule has 29 heavy (non-hydrogen) atoms. The molecule has 0 fully saturated rings. The van der Waals surface area contributed by atoms with Gasteiger partial charge >= 0.3 is 0 Å². The number of rotatable bonds is 8. The summed E-state index contributed by atoms with van der Waals surface area (Å²) in [5, 5.41) is 6.15. The van der Waals surface area contributed by atoms with Crippen molar-refractivity contribution >= 4 is 35.8 Å². The fraction of sp³-hybridized carbons (Fsp3) is 0.364. The van der Waals surface area contributed by atoms with Crippen LogP contribution in [0.5, 0.6) is 5.75 Å². The minimum absolute atomic E-state index is 0. The lowest BCUT2D eigenvalue weighted by atomic mass is 10.1. The molecule has 1 amide bonds. The summed E-state index contributed by atoms with van der Waals surface area (Å²) in [7, 11) is 3.68. The molecule has 0 aromatic heterocycles. The Kier molecular flexibility index (Phi) is 11.1. The van der Waals surface area contributed by atoms with E-state index in [-0.39, 0.29) is 29.9 Å². The average molecular weight is 510 g/mol. The number of methoxy groups -OCH3 is 1. The maximum absolute atomic E-state index is 12.0. The summed E-state index contributed by atoms with van der Waals surface area (Å²) in [6.07, 6.45) is 0. The van der Waals surface area contributed by atoms with E-state index in [0.717, 1.165) is 30.4 Å². The molecule has 0 unspecified atom stereocenters. The van der Waals surface area contributed by atoms with E-state index in [1.807, 2.05) is 57.3 Å². The summed E-state index contributed by atoms with van der Waals surface area (Å²) < 4.78 is 5.21. The second-order valence-electron chi connectivity index (χ2n) is 6.43. The molecule has 0 aliphatic rings. The number of nitrogens with one attached hydrogen (secondary N) is 2. The van der Waals surface area contributed by atoms with Gasteiger partial charge in [0.05, 0.1) is 13.7 Å². The molecule has 0 spiro atoms. The van der Waals surface area contributed by atoms with E-state index >= 15 is 0 Å². The highest BCUT2D eigenvalue weighted by molar-refractivity contribution is 14.0. The zero-order valence-electron chi connectivity index (χ0n) is 17.6. The van der Waals surface area contributed by atoms with E-state index in [9.17, 15) is 4.79 Å². The van der Waals surface area contributed by atoms with Crippen molar-refractivity contribution in [3.63, 3.8) is 0 Å². The highest BCUT2D eigenvalue weighted by Crippen LogP contribution is 2.13. The molecule has 7 heteroatoms. The number of hydrogen-bond donors (Lipinski definition) is 2. The Labute approximate surface area is 190 Å². The van der Waals surface area contributed by atoms with Crippen LogP contribution in [-0.4, -0.2) is 44.0 Å².